The minimum atomic E-state index is -0.543. The SMILES string of the molecule is CCCCOC(=O)C(C#N)=C(CC)c1ccc(OC)cc1. The number of nitrogens with zero attached hydrogens (tertiary/aromatic N) is 1. The lowest BCUT2D eigenvalue weighted by Gasteiger charge is -2.10. The highest BCUT2D eigenvalue weighted by Crippen LogP contribution is 2.25. The van der Waals surface area contributed by atoms with Gasteiger partial charge in [-0.05, 0) is 36.1 Å². The van der Waals surface area contributed by atoms with Crippen molar-refractivity contribution in [2.75, 3.05) is 13.7 Å². The molecule has 0 fully saturated rings. The molecule has 0 N–H and O–H groups in total. The van der Waals surface area contributed by atoms with Gasteiger partial charge in [0.05, 0.1) is 13.7 Å². The van der Waals surface area contributed by atoms with E-state index in [1.54, 1.807) is 7.11 Å². The summed E-state index contributed by atoms with van der Waals surface area (Å²) in [5.41, 5.74) is 1.61. The van der Waals surface area contributed by atoms with Crippen LogP contribution in [0.2, 0.25) is 0 Å². The fourth-order valence-corrected chi connectivity index (χ4v) is 1.94. The van der Waals surface area contributed by atoms with Crippen LogP contribution >= 0.6 is 0 Å². The van der Waals surface area contributed by atoms with Gasteiger partial charge in [0.15, 0.2) is 0 Å². The standard InChI is InChI=1S/C17H21NO3/c1-4-6-11-21-17(19)16(12-18)15(5-2)13-7-9-14(20-3)10-8-13/h7-10H,4-6,11H2,1-3H3. The molecule has 0 radical (unpaired) electrons. The third kappa shape index (κ3) is 4.64. The number of benzene rings is 1. The normalized spacial score (nSPS) is 11.3. The number of rotatable bonds is 7. The molecule has 0 saturated carbocycles. The summed E-state index contributed by atoms with van der Waals surface area (Å²) in [6.07, 6.45) is 2.32. The molecule has 0 aliphatic heterocycles. The number of ether oxygens (including phenoxy) is 2. The van der Waals surface area contributed by atoms with Crippen LogP contribution in [-0.2, 0) is 9.53 Å². The largest absolute Gasteiger partial charge is 0.497 e. The van der Waals surface area contributed by atoms with E-state index in [4.69, 9.17) is 9.47 Å². The van der Waals surface area contributed by atoms with E-state index in [0.29, 0.717) is 18.6 Å². The number of methoxy groups -OCH3 is 1. The fraction of sp³-hybridized carbons (Fsp3) is 0.412. The average molecular weight is 287 g/mol. The molecule has 1 aromatic carbocycles. The van der Waals surface area contributed by atoms with Crippen LogP contribution < -0.4 is 4.74 Å². The molecule has 0 aliphatic rings. The molecule has 0 unspecified atom stereocenters. The molecule has 0 saturated heterocycles. The Morgan fingerprint density at radius 2 is 1.90 bits per heavy atom. The number of carbonyl (C=O) groups excluding carboxylic acids is 1. The lowest BCUT2D eigenvalue weighted by molar-refractivity contribution is -0.138. The molecule has 112 valence electrons. The summed E-state index contributed by atoms with van der Waals surface area (Å²) in [6, 6.07) is 9.28. The maximum atomic E-state index is 12.0. The van der Waals surface area contributed by atoms with Gasteiger partial charge in [-0.3, -0.25) is 0 Å². The van der Waals surface area contributed by atoms with Crippen molar-refractivity contribution in [2.45, 2.75) is 33.1 Å². The van der Waals surface area contributed by atoms with E-state index in [1.807, 2.05) is 44.2 Å². The van der Waals surface area contributed by atoms with Crippen molar-refractivity contribution >= 4 is 11.5 Å². The summed E-state index contributed by atoms with van der Waals surface area (Å²) in [6.45, 7) is 4.28. The highest BCUT2D eigenvalue weighted by Gasteiger charge is 2.17. The Balaban J connectivity index is 3.04. The quantitative estimate of drug-likeness (QED) is 0.332. The highest BCUT2D eigenvalue weighted by atomic mass is 16.5. The van der Waals surface area contributed by atoms with E-state index in [0.717, 1.165) is 24.2 Å². The molecule has 4 heteroatoms. The number of esters is 1. The maximum Gasteiger partial charge on any atom is 0.349 e. The summed E-state index contributed by atoms with van der Waals surface area (Å²) in [4.78, 5) is 12.0. The summed E-state index contributed by atoms with van der Waals surface area (Å²) in [7, 11) is 1.59. The average Bonchev–Trinajstić information content (AvgIpc) is 2.52. The van der Waals surface area contributed by atoms with Crippen LogP contribution in [0, 0.1) is 11.3 Å². The predicted octanol–water partition coefficient (Wildman–Crippen LogP) is 3.73. The second-order valence-corrected chi connectivity index (χ2v) is 4.54. The van der Waals surface area contributed by atoms with Gasteiger partial charge in [0, 0.05) is 0 Å². The van der Waals surface area contributed by atoms with Crippen LogP contribution in [0.4, 0.5) is 0 Å². The molecule has 0 heterocycles. The number of unbranched alkanes of at least 4 members (excludes halogenated alkanes) is 1. The van der Waals surface area contributed by atoms with Gasteiger partial charge in [-0.15, -0.1) is 0 Å². The van der Waals surface area contributed by atoms with E-state index in [-0.39, 0.29) is 5.57 Å². The lowest BCUT2D eigenvalue weighted by atomic mass is 9.98. The molecule has 1 aromatic rings. The summed E-state index contributed by atoms with van der Waals surface area (Å²) >= 11 is 0. The predicted molar refractivity (Wildman–Crippen MR) is 81.7 cm³/mol. The molecule has 0 atom stereocenters. The van der Waals surface area contributed by atoms with Crippen LogP contribution in [0.5, 0.6) is 5.75 Å². The topological polar surface area (TPSA) is 59.3 Å². The minimum absolute atomic E-state index is 0.0822. The van der Waals surface area contributed by atoms with Crippen molar-refractivity contribution < 1.29 is 14.3 Å². The van der Waals surface area contributed by atoms with Gasteiger partial charge in [0.25, 0.3) is 0 Å². The van der Waals surface area contributed by atoms with Crippen molar-refractivity contribution in [1.29, 1.82) is 5.26 Å². The first-order chi connectivity index (χ1) is 10.2. The molecule has 0 aliphatic carbocycles. The zero-order chi connectivity index (χ0) is 15.7. The maximum absolute atomic E-state index is 12.0. The second-order valence-electron chi connectivity index (χ2n) is 4.54. The third-order valence-electron chi connectivity index (χ3n) is 3.14. The Kier molecular flexibility index (Phi) is 7.03. The van der Waals surface area contributed by atoms with Crippen molar-refractivity contribution in [1.82, 2.24) is 0 Å². The van der Waals surface area contributed by atoms with E-state index in [2.05, 4.69) is 0 Å². The van der Waals surface area contributed by atoms with Crippen LogP contribution in [0.25, 0.3) is 5.57 Å². The monoisotopic (exact) mass is 287 g/mol. The van der Waals surface area contributed by atoms with Crippen LogP contribution in [-0.4, -0.2) is 19.7 Å². The molecule has 0 amide bonds. The van der Waals surface area contributed by atoms with Gasteiger partial charge >= 0.3 is 5.97 Å². The number of nitriles is 1. The Labute approximate surface area is 126 Å². The third-order valence-corrected chi connectivity index (χ3v) is 3.14. The molecular formula is C17H21NO3. The van der Waals surface area contributed by atoms with Crippen molar-refractivity contribution in [3.8, 4) is 11.8 Å². The highest BCUT2D eigenvalue weighted by molar-refractivity contribution is 6.01. The van der Waals surface area contributed by atoms with Gasteiger partial charge < -0.3 is 9.47 Å². The Morgan fingerprint density at radius 3 is 2.38 bits per heavy atom. The summed E-state index contributed by atoms with van der Waals surface area (Å²) in [5.74, 6) is 0.192. The van der Waals surface area contributed by atoms with E-state index in [1.165, 1.54) is 0 Å². The second kappa shape index (κ2) is 8.80. The van der Waals surface area contributed by atoms with E-state index >= 15 is 0 Å². The van der Waals surface area contributed by atoms with E-state index < -0.39 is 5.97 Å². The van der Waals surface area contributed by atoms with Gasteiger partial charge in [-0.25, -0.2) is 4.79 Å². The minimum Gasteiger partial charge on any atom is -0.497 e. The van der Waals surface area contributed by atoms with Crippen molar-refractivity contribution in [3.63, 3.8) is 0 Å². The first-order valence-corrected chi connectivity index (χ1v) is 7.12. The van der Waals surface area contributed by atoms with Gasteiger partial charge in [0.1, 0.15) is 17.4 Å². The summed E-state index contributed by atoms with van der Waals surface area (Å²) in [5, 5.41) is 9.28. The molecule has 1 rings (SSSR count). The number of allylic oxidation sites excluding steroid dienone is 1. The van der Waals surface area contributed by atoms with E-state index in [9.17, 15) is 10.1 Å². The Morgan fingerprint density at radius 1 is 1.24 bits per heavy atom. The number of carbonyl (C=O) groups is 1. The smallest absolute Gasteiger partial charge is 0.349 e. The molecule has 21 heavy (non-hydrogen) atoms. The Hall–Kier alpha value is -2.28. The number of hydrogen-bond acceptors (Lipinski definition) is 4. The first-order valence-electron chi connectivity index (χ1n) is 7.12. The van der Waals surface area contributed by atoms with Gasteiger partial charge in [-0.1, -0.05) is 32.4 Å². The van der Waals surface area contributed by atoms with Crippen LogP contribution in [0.3, 0.4) is 0 Å². The van der Waals surface area contributed by atoms with Gasteiger partial charge in [-0.2, -0.15) is 5.26 Å². The summed E-state index contributed by atoms with van der Waals surface area (Å²) < 4.78 is 10.3. The molecule has 4 nitrogen and oxygen atoms in total. The van der Waals surface area contributed by atoms with Crippen molar-refractivity contribution in [2.24, 2.45) is 0 Å². The lowest BCUT2D eigenvalue weighted by Crippen LogP contribution is -2.10. The fourth-order valence-electron chi connectivity index (χ4n) is 1.94. The first kappa shape index (κ1) is 16.8. The zero-order valence-corrected chi connectivity index (χ0v) is 12.8. The van der Waals surface area contributed by atoms with Crippen LogP contribution in [0.15, 0.2) is 29.8 Å². The zero-order valence-electron chi connectivity index (χ0n) is 12.8. The Bertz CT molecular complexity index is 538. The number of hydrogen-bond donors (Lipinski definition) is 0. The molecule has 0 aromatic heterocycles. The molecule has 0 spiro atoms. The van der Waals surface area contributed by atoms with Gasteiger partial charge in [0.2, 0.25) is 0 Å². The van der Waals surface area contributed by atoms with Crippen molar-refractivity contribution in [3.05, 3.63) is 35.4 Å². The molecule has 0 bridgehead atoms. The molecular weight excluding hydrogens is 266 g/mol. The van der Waals surface area contributed by atoms with Crippen LogP contribution in [0.1, 0.15) is 38.7 Å².